The summed E-state index contributed by atoms with van der Waals surface area (Å²) < 4.78 is 51.2. The second-order valence-electron chi connectivity index (χ2n) is 6.30. The first-order valence-corrected chi connectivity index (χ1v) is 10.1. The van der Waals surface area contributed by atoms with E-state index in [9.17, 15) is 17.6 Å². The Kier molecular flexibility index (Phi) is 5.97. The number of anilines is 1. The van der Waals surface area contributed by atoms with E-state index in [2.05, 4.69) is 5.32 Å². The molecule has 0 unspecified atom stereocenters. The third kappa shape index (κ3) is 4.16. The van der Waals surface area contributed by atoms with Crippen LogP contribution >= 0.6 is 0 Å². The van der Waals surface area contributed by atoms with E-state index in [1.807, 2.05) is 0 Å². The maximum atomic E-state index is 13.8. The van der Waals surface area contributed by atoms with E-state index in [4.69, 9.17) is 9.47 Å². The normalized spacial score (nSPS) is 15.2. The van der Waals surface area contributed by atoms with E-state index in [-0.39, 0.29) is 29.2 Å². The Morgan fingerprint density at radius 3 is 2.54 bits per heavy atom. The van der Waals surface area contributed by atoms with Crippen molar-refractivity contribution in [3.63, 3.8) is 0 Å². The van der Waals surface area contributed by atoms with Crippen molar-refractivity contribution in [1.29, 1.82) is 0 Å². The molecule has 1 fully saturated rings. The van der Waals surface area contributed by atoms with Crippen LogP contribution in [-0.2, 0) is 14.8 Å². The number of methoxy groups -OCH3 is 1. The van der Waals surface area contributed by atoms with Gasteiger partial charge in [-0.15, -0.1) is 0 Å². The molecule has 2 aromatic carbocycles. The van der Waals surface area contributed by atoms with Crippen molar-refractivity contribution in [1.82, 2.24) is 4.31 Å². The monoisotopic (exact) mass is 408 g/mol. The van der Waals surface area contributed by atoms with E-state index >= 15 is 0 Å². The predicted octanol–water partition coefficient (Wildman–Crippen LogP) is 2.42. The summed E-state index contributed by atoms with van der Waals surface area (Å²) in [5, 5.41) is 2.60. The summed E-state index contributed by atoms with van der Waals surface area (Å²) in [7, 11) is -2.33. The molecule has 150 valence electrons. The molecule has 0 saturated carbocycles. The molecule has 1 aliphatic rings. The third-order valence-electron chi connectivity index (χ3n) is 4.46. The molecule has 2 aromatic rings. The number of nitrogens with one attached hydrogen (secondary N) is 1. The molecule has 28 heavy (non-hydrogen) atoms. The van der Waals surface area contributed by atoms with Gasteiger partial charge in [0.05, 0.1) is 30.9 Å². The van der Waals surface area contributed by atoms with Crippen molar-refractivity contribution in [2.45, 2.75) is 11.8 Å². The van der Waals surface area contributed by atoms with Gasteiger partial charge < -0.3 is 14.8 Å². The van der Waals surface area contributed by atoms with Gasteiger partial charge in [-0.2, -0.15) is 4.31 Å². The topological polar surface area (TPSA) is 84.9 Å². The molecule has 1 aliphatic heterocycles. The number of carbonyl (C=O) groups excluding carboxylic acids is 1. The Hall–Kier alpha value is -2.49. The number of sulfonamides is 1. The minimum absolute atomic E-state index is 0.0283. The van der Waals surface area contributed by atoms with Gasteiger partial charge in [-0.05, 0) is 42.8 Å². The number of morpholine rings is 1. The highest BCUT2D eigenvalue weighted by Crippen LogP contribution is 2.29. The van der Waals surface area contributed by atoms with Crippen LogP contribution in [0.15, 0.2) is 41.3 Å². The molecule has 0 aromatic heterocycles. The minimum Gasteiger partial charge on any atom is -0.495 e. The van der Waals surface area contributed by atoms with Crippen molar-refractivity contribution < 1.29 is 27.1 Å². The van der Waals surface area contributed by atoms with E-state index < -0.39 is 21.7 Å². The van der Waals surface area contributed by atoms with E-state index in [1.54, 1.807) is 6.92 Å². The van der Waals surface area contributed by atoms with Gasteiger partial charge in [0.25, 0.3) is 5.91 Å². The molecule has 0 radical (unpaired) electrons. The smallest absolute Gasteiger partial charge is 0.255 e. The molecule has 7 nitrogen and oxygen atoms in total. The average Bonchev–Trinajstić information content (AvgIpc) is 2.70. The van der Waals surface area contributed by atoms with E-state index in [0.29, 0.717) is 24.5 Å². The van der Waals surface area contributed by atoms with Crippen molar-refractivity contribution in [2.75, 3.05) is 38.7 Å². The van der Waals surface area contributed by atoms with Crippen molar-refractivity contribution in [2.24, 2.45) is 0 Å². The van der Waals surface area contributed by atoms with Crippen molar-refractivity contribution in [3.8, 4) is 5.75 Å². The Labute approximate surface area is 163 Å². The fourth-order valence-electron chi connectivity index (χ4n) is 2.81. The zero-order chi connectivity index (χ0) is 20.3. The van der Waals surface area contributed by atoms with E-state index in [1.165, 1.54) is 41.7 Å². The van der Waals surface area contributed by atoms with Gasteiger partial charge in [-0.3, -0.25) is 4.79 Å². The molecular weight excluding hydrogens is 387 g/mol. The number of benzene rings is 2. The summed E-state index contributed by atoms with van der Waals surface area (Å²) in [5.41, 5.74) is 0.724. The summed E-state index contributed by atoms with van der Waals surface area (Å²) in [6, 6.07) is 8.36. The minimum atomic E-state index is -3.74. The zero-order valence-electron chi connectivity index (χ0n) is 15.6. The van der Waals surface area contributed by atoms with Crippen LogP contribution in [0.25, 0.3) is 0 Å². The highest BCUT2D eigenvalue weighted by molar-refractivity contribution is 7.89. The van der Waals surface area contributed by atoms with Crippen LogP contribution in [0, 0.1) is 12.7 Å². The number of carbonyl (C=O) groups is 1. The van der Waals surface area contributed by atoms with Crippen LogP contribution in [0.4, 0.5) is 10.1 Å². The zero-order valence-corrected chi connectivity index (χ0v) is 16.4. The fourth-order valence-corrected chi connectivity index (χ4v) is 4.24. The molecule has 1 saturated heterocycles. The Balaban J connectivity index is 1.90. The summed E-state index contributed by atoms with van der Waals surface area (Å²) in [6.45, 7) is 2.79. The lowest BCUT2D eigenvalue weighted by Gasteiger charge is -2.26. The molecule has 0 aliphatic carbocycles. The third-order valence-corrected chi connectivity index (χ3v) is 6.36. The molecule has 0 spiro atoms. The molecule has 1 amide bonds. The first kappa shape index (κ1) is 20.2. The largest absolute Gasteiger partial charge is 0.495 e. The molecule has 1 N–H and O–H groups in total. The number of aryl methyl sites for hydroxylation is 1. The van der Waals surface area contributed by atoms with Gasteiger partial charge in [0, 0.05) is 18.7 Å². The summed E-state index contributed by atoms with van der Waals surface area (Å²) in [4.78, 5) is 12.5. The highest BCUT2D eigenvalue weighted by atomic mass is 32.2. The summed E-state index contributed by atoms with van der Waals surface area (Å²) in [5.74, 6) is -0.775. The quantitative estimate of drug-likeness (QED) is 0.821. The van der Waals surface area contributed by atoms with Crippen molar-refractivity contribution in [3.05, 3.63) is 53.3 Å². The Morgan fingerprint density at radius 1 is 1.18 bits per heavy atom. The Bertz CT molecular complexity index is 988. The van der Waals surface area contributed by atoms with Gasteiger partial charge in [0.15, 0.2) is 0 Å². The molecular formula is C19H21FN2O5S. The number of halogens is 1. The standard InChI is InChI=1S/C19H21FN2O5S/c1-13-3-4-14(11-16(13)20)19(23)21-17-12-15(5-6-18(17)26-2)28(24,25)22-7-9-27-10-8-22/h3-6,11-12H,7-10H2,1-2H3,(H,21,23). The van der Waals surface area contributed by atoms with Crippen LogP contribution in [0.2, 0.25) is 0 Å². The van der Waals surface area contributed by atoms with Crippen LogP contribution < -0.4 is 10.1 Å². The van der Waals surface area contributed by atoms with Crippen LogP contribution in [0.3, 0.4) is 0 Å². The molecule has 3 rings (SSSR count). The molecule has 1 heterocycles. The number of hydrogen-bond acceptors (Lipinski definition) is 5. The van der Waals surface area contributed by atoms with Gasteiger partial charge in [0.1, 0.15) is 11.6 Å². The van der Waals surface area contributed by atoms with Gasteiger partial charge >= 0.3 is 0 Å². The number of amides is 1. The lowest BCUT2D eigenvalue weighted by atomic mass is 10.1. The number of ether oxygens (including phenoxy) is 2. The number of hydrogen-bond donors (Lipinski definition) is 1. The number of nitrogens with zero attached hydrogens (tertiary/aromatic N) is 1. The first-order valence-electron chi connectivity index (χ1n) is 8.66. The lowest BCUT2D eigenvalue weighted by molar-refractivity contribution is 0.0730. The maximum absolute atomic E-state index is 13.8. The van der Waals surface area contributed by atoms with Crippen LogP contribution in [0.5, 0.6) is 5.75 Å². The van der Waals surface area contributed by atoms with Gasteiger partial charge in [-0.25, -0.2) is 12.8 Å². The highest BCUT2D eigenvalue weighted by Gasteiger charge is 2.27. The summed E-state index contributed by atoms with van der Waals surface area (Å²) >= 11 is 0. The van der Waals surface area contributed by atoms with Crippen molar-refractivity contribution >= 4 is 21.6 Å². The van der Waals surface area contributed by atoms with E-state index in [0.717, 1.165) is 6.07 Å². The predicted molar refractivity (Wildman–Crippen MR) is 102 cm³/mol. The Morgan fingerprint density at radius 2 is 1.89 bits per heavy atom. The maximum Gasteiger partial charge on any atom is 0.255 e. The SMILES string of the molecule is COc1ccc(S(=O)(=O)N2CCOCC2)cc1NC(=O)c1ccc(C)c(F)c1. The second kappa shape index (κ2) is 8.26. The van der Waals surface area contributed by atoms with Gasteiger partial charge in [0.2, 0.25) is 10.0 Å². The molecule has 9 heteroatoms. The van der Waals surface area contributed by atoms with Crippen LogP contribution in [-0.4, -0.2) is 52.0 Å². The average molecular weight is 408 g/mol. The fraction of sp³-hybridized carbons (Fsp3) is 0.316. The molecule has 0 atom stereocenters. The first-order chi connectivity index (χ1) is 13.3. The number of rotatable bonds is 5. The van der Waals surface area contributed by atoms with Crippen LogP contribution in [0.1, 0.15) is 15.9 Å². The summed E-state index contributed by atoms with van der Waals surface area (Å²) in [6.07, 6.45) is 0. The lowest BCUT2D eigenvalue weighted by Crippen LogP contribution is -2.40. The second-order valence-corrected chi connectivity index (χ2v) is 8.23. The molecule has 0 bridgehead atoms. The van der Waals surface area contributed by atoms with Gasteiger partial charge in [-0.1, -0.05) is 6.07 Å².